The third-order valence-corrected chi connectivity index (χ3v) is 6.28. The highest BCUT2D eigenvalue weighted by Crippen LogP contribution is 2.32. The van der Waals surface area contributed by atoms with Crippen molar-refractivity contribution in [3.63, 3.8) is 0 Å². The van der Waals surface area contributed by atoms with E-state index in [2.05, 4.69) is 10.3 Å². The third-order valence-electron chi connectivity index (χ3n) is 5.01. The number of anilines is 1. The van der Waals surface area contributed by atoms with Gasteiger partial charge in [0, 0.05) is 37.6 Å². The molecule has 1 aliphatic rings. The molecule has 0 bridgehead atoms. The number of nitrogens with zero attached hydrogens (tertiary/aromatic N) is 3. The lowest BCUT2D eigenvalue weighted by Gasteiger charge is -2.22. The Kier molecular flexibility index (Phi) is 8.44. The molecule has 1 aliphatic heterocycles. The van der Waals surface area contributed by atoms with Gasteiger partial charge in [0.1, 0.15) is 0 Å². The van der Waals surface area contributed by atoms with E-state index < -0.39 is 0 Å². The molecule has 1 unspecified atom stereocenters. The Balaban J connectivity index is 1.74. The van der Waals surface area contributed by atoms with Crippen LogP contribution in [0.3, 0.4) is 0 Å². The van der Waals surface area contributed by atoms with Crippen LogP contribution in [0.15, 0.2) is 65.4 Å². The van der Waals surface area contributed by atoms with Gasteiger partial charge in [-0.2, -0.15) is 0 Å². The van der Waals surface area contributed by atoms with E-state index in [1.807, 2.05) is 62.5 Å². The van der Waals surface area contributed by atoms with Crippen molar-refractivity contribution in [2.24, 2.45) is 4.99 Å². The second-order valence-corrected chi connectivity index (χ2v) is 8.58. The minimum absolute atomic E-state index is 0.0459. The van der Waals surface area contributed by atoms with Gasteiger partial charge in [-0.25, -0.2) is 4.99 Å². The van der Waals surface area contributed by atoms with Gasteiger partial charge < -0.3 is 15.0 Å². The molecule has 1 aromatic carbocycles. The molecule has 0 radical (unpaired) electrons. The lowest BCUT2D eigenvalue weighted by Crippen LogP contribution is -2.36. The molecule has 0 fully saturated rings. The Labute approximate surface area is 193 Å². The van der Waals surface area contributed by atoms with E-state index >= 15 is 0 Å². The van der Waals surface area contributed by atoms with Crippen molar-refractivity contribution < 1.29 is 14.3 Å². The van der Waals surface area contributed by atoms with Crippen LogP contribution in [0.4, 0.5) is 11.4 Å². The average Bonchev–Trinajstić information content (AvgIpc) is 2.99. The molecule has 3 rings (SSSR count). The number of amides is 1. The molecule has 8 heteroatoms. The van der Waals surface area contributed by atoms with Crippen LogP contribution in [0.2, 0.25) is 0 Å². The van der Waals surface area contributed by atoms with Gasteiger partial charge in [0.05, 0.1) is 35.2 Å². The number of ether oxygens (including phenoxy) is 1. The summed E-state index contributed by atoms with van der Waals surface area (Å²) in [6.45, 7) is 2.58. The van der Waals surface area contributed by atoms with Crippen LogP contribution in [-0.4, -0.2) is 52.8 Å². The van der Waals surface area contributed by atoms with Crippen LogP contribution >= 0.6 is 11.8 Å². The van der Waals surface area contributed by atoms with Crippen LogP contribution in [0.25, 0.3) is 0 Å². The average molecular weight is 453 g/mol. The Bertz CT molecular complexity index is 1010. The third kappa shape index (κ3) is 6.43. The van der Waals surface area contributed by atoms with Crippen LogP contribution in [0, 0.1) is 0 Å². The summed E-state index contributed by atoms with van der Waals surface area (Å²) in [5.41, 5.74) is 3.21. The first-order valence-electron chi connectivity index (χ1n) is 10.5. The van der Waals surface area contributed by atoms with E-state index in [1.165, 1.54) is 18.9 Å². The summed E-state index contributed by atoms with van der Waals surface area (Å²) in [5, 5.41) is 3.66. The number of para-hydroxylation sites is 2. The number of thioether (sulfide) groups is 1. The summed E-state index contributed by atoms with van der Waals surface area (Å²) < 4.78 is 4.82. The van der Waals surface area contributed by atoms with Crippen molar-refractivity contribution >= 4 is 40.1 Å². The lowest BCUT2D eigenvalue weighted by atomic mass is 10.2. The number of rotatable bonds is 8. The molecule has 168 valence electrons. The minimum Gasteiger partial charge on any atom is -0.469 e. The molecule has 1 atom stereocenters. The fraction of sp³-hybridized carbons (Fsp3) is 0.333. The lowest BCUT2D eigenvalue weighted by molar-refractivity contribution is -0.139. The first-order chi connectivity index (χ1) is 15.5. The molecule has 2 heterocycles. The second kappa shape index (κ2) is 11.5. The molecule has 0 spiro atoms. The number of methoxy groups -OCH3 is 1. The quantitative estimate of drug-likeness (QED) is 0.605. The van der Waals surface area contributed by atoms with E-state index in [1.54, 1.807) is 11.1 Å². The van der Waals surface area contributed by atoms with Gasteiger partial charge in [-0.15, -0.1) is 0 Å². The molecule has 7 nitrogen and oxygen atoms in total. The van der Waals surface area contributed by atoms with Crippen molar-refractivity contribution in [2.75, 3.05) is 26.0 Å². The predicted molar refractivity (Wildman–Crippen MR) is 129 cm³/mol. The highest BCUT2D eigenvalue weighted by atomic mass is 32.2. The van der Waals surface area contributed by atoms with E-state index in [9.17, 15) is 9.59 Å². The van der Waals surface area contributed by atoms with Gasteiger partial charge in [0.15, 0.2) is 0 Å². The monoisotopic (exact) mass is 452 g/mol. The number of fused-ring (bicyclic) bond motifs is 1. The topological polar surface area (TPSA) is 83.9 Å². The number of hydrogen-bond donors (Lipinski definition) is 1. The van der Waals surface area contributed by atoms with Gasteiger partial charge in [0.2, 0.25) is 5.91 Å². The number of hydrogen-bond acceptors (Lipinski definition) is 7. The smallest absolute Gasteiger partial charge is 0.311 e. The molecule has 1 N–H and O–H groups in total. The number of aliphatic imine (C=N–C) groups is 1. The molecule has 0 saturated heterocycles. The molecule has 2 aromatic rings. The largest absolute Gasteiger partial charge is 0.469 e. The predicted octanol–water partition coefficient (Wildman–Crippen LogP) is 4.20. The van der Waals surface area contributed by atoms with Gasteiger partial charge in [-0.05, 0) is 36.8 Å². The zero-order valence-corrected chi connectivity index (χ0v) is 19.4. The molecular weight excluding hydrogens is 424 g/mol. The van der Waals surface area contributed by atoms with Crippen molar-refractivity contribution in [1.82, 2.24) is 9.88 Å². The number of carbonyl (C=O) groups excluding carboxylic acids is 2. The van der Waals surface area contributed by atoms with Crippen molar-refractivity contribution in [3.8, 4) is 0 Å². The zero-order chi connectivity index (χ0) is 22.9. The summed E-state index contributed by atoms with van der Waals surface area (Å²) in [5.74, 6) is -0.297. The summed E-state index contributed by atoms with van der Waals surface area (Å²) in [7, 11) is 3.18. The Morgan fingerprint density at radius 2 is 1.97 bits per heavy atom. The number of nitrogens with one attached hydrogen (secondary N) is 1. The molecule has 1 aromatic heterocycles. The fourth-order valence-electron chi connectivity index (χ4n) is 3.21. The molecule has 0 aliphatic carbocycles. The molecule has 32 heavy (non-hydrogen) atoms. The summed E-state index contributed by atoms with van der Waals surface area (Å²) >= 11 is 1.41. The second-order valence-electron chi connectivity index (χ2n) is 7.36. The maximum Gasteiger partial charge on any atom is 0.311 e. The Morgan fingerprint density at radius 3 is 2.69 bits per heavy atom. The maximum atomic E-state index is 13.1. The Morgan fingerprint density at radius 1 is 1.19 bits per heavy atom. The van der Waals surface area contributed by atoms with Crippen LogP contribution < -0.4 is 5.32 Å². The zero-order valence-electron chi connectivity index (χ0n) is 18.6. The van der Waals surface area contributed by atoms with E-state index in [0.717, 1.165) is 17.1 Å². The van der Waals surface area contributed by atoms with Gasteiger partial charge >= 0.3 is 5.97 Å². The first-order valence-corrected chi connectivity index (χ1v) is 11.4. The van der Waals surface area contributed by atoms with E-state index in [0.29, 0.717) is 30.1 Å². The van der Waals surface area contributed by atoms with Crippen LogP contribution in [-0.2, 0) is 20.7 Å². The number of likely N-dealkylation sites (N-methyl/N-ethyl adjacent to an activating group) is 1. The first kappa shape index (κ1) is 23.5. The van der Waals surface area contributed by atoms with Gasteiger partial charge in [-0.3, -0.25) is 14.6 Å². The number of benzene rings is 1. The summed E-state index contributed by atoms with van der Waals surface area (Å²) in [6, 6.07) is 13.4. The van der Waals surface area contributed by atoms with E-state index in [4.69, 9.17) is 9.73 Å². The number of aromatic nitrogens is 1. The van der Waals surface area contributed by atoms with Gasteiger partial charge in [-0.1, -0.05) is 36.9 Å². The highest BCUT2D eigenvalue weighted by molar-refractivity contribution is 8.15. The number of esters is 1. The Hall–Kier alpha value is -3.13. The van der Waals surface area contributed by atoms with Crippen molar-refractivity contribution in [3.05, 3.63) is 66.1 Å². The van der Waals surface area contributed by atoms with Crippen molar-refractivity contribution in [2.45, 2.75) is 31.4 Å². The van der Waals surface area contributed by atoms with E-state index in [-0.39, 0.29) is 23.5 Å². The van der Waals surface area contributed by atoms with Crippen molar-refractivity contribution in [1.29, 1.82) is 0 Å². The summed E-state index contributed by atoms with van der Waals surface area (Å²) in [6.07, 6.45) is 5.04. The number of carbonyl (C=O) groups is 2. The standard InChI is InChI=1S/C24H28N4O3S/c1-4-21(24(30)28(2)14-12-17-9-7-8-13-25-17)32-22-15-18(16-23(29)31-3)26-19-10-5-6-11-20(19)27-22/h5-11,13,15,21,26H,4,12,14,16H2,1-3H3. The van der Waals surface area contributed by atoms with Crippen LogP contribution in [0.5, 0.6) is 0 Å². The van der Waals surface area contributed by atoms with Crippen LogP contribution in [0.1, 0.15) is 25.5 Å². The normalized spacial score (nSPS) is 13.6. The van der Waals surface area contributed by atoms with Gasteiger partial charge in [0.25, 0.3) is 0 Å². The molecule has 1 amide bonds. The fourth-order valence-corrected chi connectivity index (χ4v) is 4.31. The molecular formula is C24H28N4O3S. The highest BCUT2D eigenvalue weighted by Gasteiger charge is 2.24. The molecule has 0 saturated carbocycles. The number of pyridine rings is 1. The summed E-state index contributed by atoms with van der Waals surface area (Å²) in [4.78, 5) is 35.8. The minimum atomic E-state index is -0.343. The maximum absolute atomic E-state index is 13.1. The SMILES string of the molecule is CCC(SC1=Nc2ccccc2NC(CC(=O)OC)=C1)C(=O)N(C)CCc1ccccn1.